The maximum absolute atomic E-state index is 11.7. The van der Waals surface area contributed by atoms with Crippen molar-refractivity contribution in [3.63, 3.8) is 0 Å². The number of aryl methyl sites for hydroxylation is 1. The zero-order chi connectivity index (χ0) is 21.5. The summed E-state index contributed by atoms with van der Waals surface area (Å²) in [4.78, 5) is 4.31. The number of hydrogen-bond donors (Lipinski definition) is 2. The molecule has 11 heteroatoms. The van der Waals surface area contributed by atoms with E-state index in [1.54, 1.807) is 37.3 Å². The largest absolute Gasteiger partial charge is 0.507 e. The second kappa shape index (κ2) is 7.33. The number of sulfonamides is 1. The average molecular weight is 438 g/mol. The number of benzene rings is 2. The fourth-order valence-electron chi connectivity index (χ4n) is 2.98. The van der Waals surface area contributed by atoms with Crippen LogP contribution < -0.4 is 4.72 Å². The van der Waals surface area contributed by atoms with E-state index in [9.17, 15) is 18.8 Å². The van der Waals surface area contributed by atoms with E-state index in [0.717, 1.165) is 17.8 Å². The molecule has 0 aliphatic rings. The zero-order valence-electron chi connectivity index (χ0n) is 15.8. The first-order valence-electron chi connectivity index (χ1n) is 8.58. The van der Waals surface area contributed by atoms with Gasteiger partial charge in [-0.3, -0.25) is 4.72 Å². The van der Waals surface area contributed by atoms with E-state index in [1.165, 1.54) is 6.07 Å². The van der Waals surface area contributed by atoms with Gasteiger partial charge in [0.25, 0.3) is 0 Å². The summed E-state index contributed by atoms with van der Waals surface area (Å²) in [6.45, 7) is 1.74. The third-order valence-corrected chi connectivity index (χ3v) is 5.63. The highest BCUT2D eigenvalue weighted by atomic mass is 32.2. The van der Waals surface area contributed by atoms with Gasteiger partial charge in [-0.25, -0.2) is 13.4 Å². The lowest BCUT2D eigenvalue weighted by Crippen LogP contribution is -2.09. The zero-order valence-corrected chi connectivity index (χ0v) is 17.4. The van der Waals surface area contributed by atoms with Gasteiger partial charge in [-0.1, -0.05) is 12.1 Å². The highest BCUT2D eigenvalue weighted by molar-refractivity contribution is 7.92. The average Bonchev–Trinajstić information content (AvgIpc) is 3.07. The van der Waals surface area contributed by atoms with E-state index >= 15 is 0 Å². The molecular formula is C19H14N6O3S2. The highest BCUT2D eigenvalue weighted by Crippen LogP contribution is 2.39. The Bertz CT molecular complexity index is 1490. The summed E-state index contributed by atoms with van der Waals surface area (Å²) in [5, 5.41) is 30.0. The predicted octanol–water partition coefficient (Wildman–Crippen LogP) is 4.52. The Kier molecular flexibility index (Phi) is 4.81. The number of phenols is 1. The van der Waals surface area contributed by atoms with E-state index in [0.29, 0.717) is 43.8 Å². The Morgan fingerprint density at radius 3 is 2.73 bits per heavy atom. The summed E-state index contributed by atoms with van der Waals surface area (Å²) in [5.41, 5.74) is 2.19. The Morgan fingerprint density at radius 1 is 1.20 bits per heavy atom. The Hall–Kier alpha value is -3.62. The van der Waals surface area contributed by atoms with Crippen molar-refractivity contribution in [2.24, 2.45) is 10.2 Å². The van der Waals surface area contributed by atoms with Crippen LogP contribution in [0.2, 0.25) is 0 Å². The summed E-state index contributed by atoms with van der Waals surface area (Å²) < 4.78 is 30.0. The van der Waals surface area contributed by atoms with Crippen LogP contribution in [0.15, 0.2) is 46.6 Å². The van der Waals surface area contributed by atoms with Gasteiger partial charge in [0.15, 0.2) is 10.6 Å². The Morgan fingerprint density at radius 2 is 2.00 bits per heavy atom. The number of phenolic OH excluding ortho intramolecular Hbond substituents is 1. The molecule has 2 aromatic carbocycles. The van der Waals surface area contributed by atoms with E-state index in [-0.39, 0.29) is 11.4 Å². The molecule has 0 saturated heterocycles. The van der Waals surface area contributed by atoms with E-state index in [4.69, 9.17) is 0 Å². The molecular weight excluding hydrogens is 424 g/mol. The molecule has 9 nitrogen and oxygen atoms in total. The lowest BCUT2D eigenvalue weighted by Gasteiger charge is -2.10. The van der Waals surface area contributed by atoms with Crippen molar-refractivity contribution in [3.05, 3.63) is 47.7 Å². The van der Waals surface area contributed by atoms with Gasteiger partial charge in [-0.05, 0) is 42.7 Å². The fourth-order valence-corrected chi connectivity index (χ4v) is 4.19. The highest BCUT2D eigenvalue weighted by Gasteiger charge is 2.14. The Labute approximate surface area is 175 Å². The van der Waals surface area contributed by atoms with E-state index in [2.05, 4.69) is 30.4 Å². The van der Waals surface area contributed by atoms with Crippen LogP contribution in [0.3, 0.4) is 0 Å². The topological polar surface area (TPSA) is 141 Å². The molecule has 2 aromatic heterocycles. The molecule has 150 valence electrons. The van der Waals surface area contributed by atoms with Crippen LogP contribution in [0.1, 0.15) is 11.3 Å². The standard InChI is InChI=1S/C19H14N6O3S2/c1-10-11(9-20)8-13-18(21-10)24-29-19(13)23-22-14-6-7-16(26)17-12(14)4-3-5-15(17)25-30(2,27)28/h3-8,25-26H,1-2H3/b23-22+. The van der Waals surface area contributed by atoms with Crippen LogP contribution in [0.5, 0.6) is 5.75 Å². The fraction of sp³-hybridized carbons (Fsp3) is 0.105. The van der Waals surface area contributed by atoms with Crippen molar-refractivity contribution in [2.75, 3.05) is 11.0 Å². The number of nitrogens with zero attached hydrogens (tertiary/aromatic N) is 5. The van der Waals surface area contributed by atoms with Gasteiger partial charge >= 0.3 is 0 Å². The third-order valence-electron chi connectivity index (χ3n) is 4.30. The number of fused-ring (bicyclic) bond motifs is 2. The van der Waals surface area contributed by atoms with Crippen LogP contribution in [-0.2, 0) is 10.0 Å². The molecule has 0 radical (unpaired) electrons. The summed E-state index contributed by atoms with van der Waals surface area (Å²) >= 11 is 1.11. The first-order chi connectivity index (χ1) is 14.3. The summed E-state index contributed by atoms with van der Waals surface area (Å²) in [6.07, 6.45) is 1.03. The van der Waals surface area contributed by atoms with Gasteiger partial charge in [0.05, 0.1) is 34.3 Å². The molecule has 0 aliphatic heterocycles. The van der Waals surface area contributed by atoms with Gasteiger partial charge in [0.1, 0.15) is 11.8 Å². The molecule has 0 amide bonds. The van der Waals surface area contributed by atoms with Crippen LogP contribution >= 0.6 is 11.5 Å². The predicted molar refractivity (Wildman–Crippen MR) is 115 cm³/mol. The maximum atomic E-state index is 11.7. The summed E-state index contributed by atoms with van der Waals surface area (Å²) in [6, 6.07) is 11.7. The van der Waals surface area contributed by atoms with Crippen molar-refractivity contribution in [2.45, 2.75) is 6.92 Å². The van der Waals surface area contributed by atoms with Crippen LogP contribution in [0.25, 0.3) is 21.8 Å². The monoisotopic (exact) mass is 438 g/mol. The first-order valence-corrected chi connectivity index (χ1v) is 11.2. The SMILES string of the molecule is Cc1nc2nsc(/N=N/c3ccc(O)c4c(NS(C)(=O)=O)cccc34)c2cc1C#N. The quantitative estimate of drug-likeness (QED) is 0.449. The van der Waals surface area contributed by atoms with Gasteiger partial charge in [0.2, 0.25) is 10.0 Å². The second-order valence-corrected chi connectivity index (χ2v) is 9.00. The van der Waals surface area contributed by atoms with Crippen molar-refractivity contribution < 1.29 is 13.5 Å². The molecule has 0 spiro atoms. The molecule has 2 N–H and O–H groups in total. The van der Waals surface area contributed by atoms with E-state index in [1.807, 2.05) is 0 Å². The van der Waals surface area contributed by atoms with Gasteiger partial charge < -0.3 is 5.11 Å². The molecule has 4 rings (SSSR count). The number of hydrogen-bond acceptors (Lipinski definition) is 9. The second-order valence-electron chi connectivity index (χ2n) is 6.50. The maximum Gasteiger partial charge on any atom is 0.229 e. The molecule has 0 fully saturated rings. The van der Waals surface area contributed by atoms with Crippen molar-refractivity contribution in [1.82, 2.24) is 9.36 Å². The van der Waals surface area contributed by atoms with E-state index < -0.39 is 10.0 Å². The molecule has 0 atom stereocenters. The lowest BCUT2D eigenvalue weighted by atomic mass is 10.1. The molecule has 0 aliphatic carbocycles. The number of azo groups is 1. The van der Waals surface area contributed by atoms with Gasteiger partial charge in [-0.15, -0.1) is 10.2 Å². The molecule has 0 unspecified atom stereocenters. The normalized spacial score (nSPS) is 11.9. The number of nitrogens with one attached hydrogen (secondary N) is 1. The molecule has 4 aromatic rings. The van der Waals surface area contributed by atoms with Crippen LogP contribution in [-0.4, -0.2) is 29.1 Å². The smallest absolute Gasteiger partial charge is 0.229 e. The van der Waals surface area contributed by atoms with Crippen molar-refractivity contribution in [1.29, 1.82) is 5.26 Å². The van der Waals surface area contributed by atoms with Crippen molar-refractivity contribution in [3.8, 4) is 11.8 Å². The minimum absolute atomic E-state index is 0.0859. The number of anilines is 1. The first kappa shape index (κ1) is 19.7. The third kappa shape index (κ3) is 3.66. The number of pyridine rings is 1. The number of aromatic hydroxyl groups is 1. The number of rotatable bonds is 4. The molecule has 30 heavy (non-hydrogen) atoms. The van der Waals surface area contributed by atoms with Gasteiger partial charge in [-0.2, -0.15) is 9.64 Å². The van der Waals surface area contributed by atoms with Crippen LogP contribution in [0.4, 0.5) is 16.4 Å². The minimum atomic E-state index is -3.54. The number of aromatic nitrogens is 2. The Balaban J connectivity index is 1.83. The molecule has 0 bridgehead atoms. The summed E-state index contributed by atoms with van der Waals surface area (Å²) in [7, 11) is -3.54. The minimum Gasteiger partial charge on any atom is -0.507 e. The molecule has 0 saturated carbocycles. The summed E-state index contributed by atoms with van der Waals surface area (Å²) in [5.74, 6) is -0.0859. The van der Waals surface area contributed by atoms with Crippen molar-refractivity contribution >= 4 is 59.7 Å². The van der Waals surface area contributed by atoms with Crippen LogP contribution in [0, 0.1) is 18.3 Å². The number of nitriles is 1. The lowest BCUT2D eigenvalue weighted by molar-refractivity contribution is 0.482. The van der Waals surface area contributed by atoms with Gasteiger partial charge in [0, 0.05) is 10.8 Å². The molecule has 2 heterocycles.